The molecule has 0 aromatic rings. The molecule has 0 spiro atoms. The second-order valence-corrected chi connectivity index (χ2v) is 4.08. The second-order valence-electron chi connectivity index (χ2n) is 4.08. The monoisotopic (exact) mass is 153 g/mol. The number of hydrogen-bond donors (Lipinski definition) is 0. The molecule has 0 aromatic carbocycles. The molecule has 0 radical (unpaired) electrons. The smallest absolute Gasteiger partial charge is 0.123 e. The summed E-state index contributed by atoms with van der Waals surface area (Å²) < 4.78 is 0. The van der Waals surface area contributed by atoms with Crippen molar-refractivity contribution < 1.29 is 0 Å². The van der Waals surface area contributed by atoms with E-state index in [1.807, 2.05) is 0 Å². The van der Waals surface area contributed by atoms with E-state index in [4.69, 9.17) is 0 Å². The van der Waals surface area contributed by atoms with Gasteiger partial charge in [-0.25, -0.2) is 0 Å². The predicted molar refractivity (Wildman–Crippen MR) is 52.7 cm³/mol. The minimum Gasteiger partial charge on any atom is -0.305 e. The maximum absolute atomic E-state index is 2.61. The van der Waals surface area contributed by atoms with Crippen LogP contribution in [-0.4, -0.2) is 31.8 Å². The van der Waals surface area contributed by atoms with E-state index < -0.39 is 0 Å². The zero-order chi connectivity index (χ0) is 8.10. The molecular formula is C9H20BN. The van der Waals surface area contributed by atoms with Gasteiger partial charge >= 0.3 is 0 Å². The van der Waals surface area contributed by atoms with Crippen LogP contribution < -0.4 is 0 Å². The molecular weight excluding hydrogens is 133 g/mol. The van der Waals surface area contributed by atoms with Crippen LogP contribution in [0.4, 0.5) is 0 Å². The molecule has 0 N–H and O–H groups in total. The van der Waals surface area contributed by atoms with E-state index in [0.717, 1.165) is 5.92 Å². The number of rotatable bonds is 3. The summed E-state index contributed by atoms with van der Waals surface area (Å²) in [6.45, 7) is 8.66. The van der Waals surface area contributed by atoms with Crippen molar-refractivity contribution in [2.24, 2.45) is 5.92 Å². The maximum atomic E-state index is 2.61. The van der Waals surface area contributed by atoms with Gasteiger partial charge in [0, 0.05) is 0 Å². The fraction of sp³-hybridized carbons (Fsp3) is 1.00. The van der Waals surface area contributed by atoms with Gasteiger partial charge in [-0.2, -0.15) is 0 Å². The molecule has 0 atom stereocenters. The molecule has 0 aliphatic carbocycles. The van der Waals surface area contributed by atoms with Gasteiger partial charge in [0.2, 0.25) is 0 Å². The summed E-state index contributed by atoms with van der Waals surface area (Å²) >= 11 is 0. The molecule has 1 aliphatic heterocycles. The summed E-state index contributed by atoms with van der Waals surface area (Å²) in [6.07, 6.45) is 4.23. The average Bonchev–Trinajstić information content (AvgIpc) is 2.03. The van der Waals surface area contributed by atoms with Gasteiger partial charge in [-0.3, -0.25) is 0 Å². The summed E-state index contributed by atoms with van der Waals surface area (Å²) in [5, 5.41) is 0. The SMILES string of the molecule is CC(C)CCN1CCBCC1. The Labute approximate surface area is 71.4 Å². The molecule has 1 rings (SSSR count). The van der Waals surface area contributed by atoms with Crippen LogP contribution in [0.25, 0.3) is 0 Å². The molecule has 0 saturated carbocycles. The predicted octanol–water partition coefficient (Wildman–Crippen LogP) is 1.62. The van der Waals surface area contributed by atoms with Crippen molar-refractivity contribution in [2.45, 2.75) is 32.9 Å². The van der Waals surface area contributed by atoms with Gasteiger partial charge < -0.3 is 4.90 Å². The topological polar surface area (TPSA) is 3.24 Å². The lowest BCUT2D eigenvalue weighted by atomic mass is 9.68. The van der Waals surface area contributed by atoms with Crippen LogP contribution in [0.1, 0.15) is 20.3 Å². The van der Waals surface area contributed by atoms with Gasteiger partial charge in [-0.15, -0.1) is 0 Å². The highest BCUT2D eigenvalue weighted by molar-refractivity contribution is 6.35. The summed E-state index contributed by atoms with van der Waals surface area (Å²) in [7, 11) is 1.46. The third kappa shape index (κ3) is 3.81. The fourth-order valence-electron chi connectivity index (χ4n) is 1.62. The Morgan fingerprint density at radius 1 is 1.27 bits per heavy atom. The second kappa shape index (κ2) is 4.81. The van der Waals surface area contributed by atoms with E-state index in [2.05, 4.69) is 18.7 Å². The lowest BCUT2D eigenvalue weighted by Crippen LogP contribution is -2.32. The molecule has 1 saturated heterocycles. The first-order chi connectivity index (χ1) is 5.29. The summed E-state index contributed by atoms with van der Waals surface area (Å²) in [4.78, 5) is 2.61. The maximum Gasteiger partial charge on any atom is 0.123 e. The average molecular weight is 153 g/mol. The van der Waals surface area contributed by atoms with Gasteiger partial charge in [0.15, 0.2) is 0 Å². The van der Waals surface area contributed by atoms with Gasteiger partial charge in [0.1, 0.15) is 7.28 Å². The van der Waals surface area contributed by atoms with Gasteiger partial charge in [-0.05, 0) is 32.0 Å². The molecule has 0 bridgehead atoms. The van der Waals surface area contributed by atoms with Crippen LogP contribution in [0.3, 0.4) is 0 Å². The normalized spacial score (nSPS) is 20.3. The van der Waals surface area contributed by atoms with Crippen LogP contribution in [0.15, 0.2) is 0 Å². The Morgan fingerprint density at radius 3 is 2.45 bits per heavy atom. The van der Waals surface area contributed by atoms with Crippen molar-refractivity contribution in [1.29, 1.82) is 0 Å². The minimum atomic E-state index is 0.872. The summed E-state index contributed by atoms with van der Waals surface area (Å²) in [5.74, 6) is 0.872. The highest BCUT2D eigenvalue weighted by Gasteiger charge is 2.10. The first-order valence-corrected chi connectivity index (χ1v) is 5.01. The highest BCUT2D eigenvalue weighted by Crippen LogP contribution is 2.07. The molecule has 0 aromatic heterocycles. The van der Waals surface area contributed by atoms with E-state index in [-0.39, 0.29) is 0 Å². The lowest BCUT2D eigenvalue weighted by Gasteiger charge is -2.26. The van der Waals surface area contributed by atoms with Crippen molar-refractivity contribution in [2.75, 3.05) is 19.6 Å². The molecule has 1 heterocycles. The lowest BCUT2D eigenvalue weighted by molar-refractivity contribution is 0.275. The molecule has 11 heavy (non-hydrogen) atoms. The van der Waals surface area contributed by atoms with Gasteiger partial charge in [-0.1, -0.05) is 26.5 Å². The third-order valence-corrected chi connectivity index (χ3v) is 2.47. The fourth-order valence-corrected chi connectivity index (χ4v) is 1.62. The van der Waals surface area contributed by atoms with Crippen LogP contribution >= 0.6 is 0 Å². The Bertz CT molecular complexity index is 97.7. The van der Waals surface area contributed by atoms with Crippen molar-refractivity contribution in [3.63, 3.8) is 0 Å². The Morgan fingerprint density at radius 2 is 1.91 bits per heavy atom. The van der Waals surface area contributed by atoms with Crippen molar-refractivity contribution in [3.05, 3.63) is 0 Å². The van der Waals surface area contributed by atoms with E-state index in [0.29, 0.717) is 0 Å². The van der Waals surface area contributed by atoms with E-state index >= 15 is 0 Å². The minimum absolute atomic E-state index is 0.872. The van der Waals surface area contributed by atoms with Gasteiger partial charge in [0.25, 0.3) is 0 Å². The zero-order valence-electron chi connectivity index (χ0n) is 7.97. The quantitative estimate of drug-likeness (QED) is 0.557. The van der Waals surface area contributed by atoms with E-state index in [1.54, 1.807) is 0 Å². The molecule has 64 valence electrons. The molecule has 1 fully saturated rings. The van der Waals surface area contributed by atoms with Gasteiger partial charge in [0.05, 0.1) is 0 Å². The molecule has 1 nitrogen and oxygen atoms in total. The van der Waals surface area contributed by atoms with E-state index in [1.165, 1.54) is 46.0 Å². The van der Waals surface area contributed by atoms with Crippen LogP contribution in [-0.2, 0) is 0 Å². The summed E-state index contributed by atoms with van der Waals surface area (Å²) in [5.41, 5.74) is 0. The number of nitrogens with zero attached hydrogens (tertiary/aromatic N) is 1. The molecule has 1 aliphatic rings. The van der Waals surface area contributed by atoms with Crippen LogP contribution in [0, 0.1) is 5.92 Å². The standard InChI is InChI=1S/C9H20BN/c1-9(2)3-6-11-7-4-10-5-8-11/h9-10H,3-8H2,1-2H3. The molecule has 2 heteroatoms. The Hall–Kier alpha value is 0.0249. The largest absolute Gasteiger partial charge is 0.305 e. The van der Waals surface area contributed by atoms with Crippen LogP contribution in [0.5, 0.6) is 0 Å². The number of hydrogen-bond acceptors (Lipinski definition) is 1. The first kappa shape index (κ1) is 9.12. The van der Waals surface area contributed by atoms with Crippen molar-refractivity contribution >= 4 is 7.28 Å². The Balaban J connectivity index is 2.05. The van der Waals surface area contributed by atoms with Crippen molar-refractivity contribution in [3.8, 4) is 0 Å². The first-order valence-electron chi connectivity index (χ1n) is 5.01. The highest BCUT2D eigenvalue weighted by atomic mass is 15.1. The van der Waals surface area contributed by atoms with Crippen LogP contribution in [0.2, 0.25) is 12.6 Å². The van der Waals surface area contributed by atoms with Crippen molar-refractivity contribution in [1.82, 2.24) is 4.90 Å². The Kier molecular flexibility index (Phi) is 3.99. The molecule has 0 unspecified atom stereocenters. The van der Waals surface area contributed by atoms with E-state index in [9.17, 15) is 0 Å². The zero-order valence-corrected chi connectivity index (χ0v) is 7.97. The summed E-state index contributed by atoms with van der Waals surface area (Å²) in [6, 6.07) is 0. The molecule has 0 amide bonds. The third-order valence-electron chi connectivity index (χ3n) is 2.47.